The van der Waals surface area contributed by atoms with E-state index in [2.05, 4.69) is 22.5 Å². The van der Waals surface area contributed by atoms with Gasteiger partial charge in [-0.2, -0.15) is 0 Å². The number of rotatable bonds is 7. The van der Waals surface area contributed by atoms with Gasteiger partial charge in [-0.05, 0) is 37.0 Å². The summed E-state index contributed by atoms with van der Waals surface area (Å²) in [6.45, 7) is 5.34. The lowest BCUT2D eigenvalue weighted by atomic mass is 10.2. The highest BCUT2D eigenvalue weighted by molar-refractivity contribution is 5.80. The van der Waals surface area contributed by atoms with Crippen LogP contribution in [0.2, 0.25) is 0 Å². The van der Waals surface area contributed by atoms with Gasteiger partial charge in [-0.3, -0.25) is 4.99 Å². The van der Waals surface area contributed by atoms with Crippen LogP contribution in [0.1, 0.15) is 25.8 Å². The standard InChI is InChI=1S/C17H27N3O3/c1-6-23-16-14(21-4)8-12(9-15(16)22-5)10-19-17(18-3)20-13-7-11(13)2/h8-9,11,13H,6-7,10H2,1-5H3,(H2,18,19,20). The molecule has 1 aromatic carbocycles. The molecule has 128 valence electrons. The molecule has 2 unspecified atom stereocenters. The Labute approximate surface area is 138 Å². The van der Waals surface area contributed by atoms with E-state index in [0.717, 1.165) is 17.4 Å². The second-order valence-corrected chi connectivity index (χ2v) is 5.65. The highest BCUT2D eigenvalue weighted by atomic mass is 16.5. The Morgan fingerprint density at radius 3 is 2.30 bits per heavy atom. The minimum Gasteiger partial charge on any atom is -0.493 e. The Balaban J connectivity index is 2.06. The fraction of sp³-hybridized carbons (Fsp3) is 0.588. The first kappa shape index (κ1) is 17.2. The predicted molar refractivity (Wildman–Crippen MR) is 91.6 cm³/mol. The van der Waals surface area contributed by atoms with Crippen LogP contribution >= 0.6 is 0 Å². The van der Waals surface area contributed by atoms with E-state index < -0.39 is 0 Å². The maximum absolute atomic E-state index is 5.62. The van der Waals surface area contributed by atoms with Gasteiger partial charge in [0.05, 0.1) is 20.8 Å². The highest BCUT2D eigenvalue weighted by Crippen LogP contribution is 2.38. The van der Waals surface area contributed by atoms with Gasteiger partial charge in [0.1, 0.15) is 0 Å². The second-order valence-electron chi connectivity index (χ2n) is 5.65. The normalized spacial score (nSPS) is 20.0. The SMILES string of the molecule is CCOc1c(OC)cc(CNC(=NC)NC2CC2C)cc1OC. The quantitative estimate of drug-likeness (QED) is 0.595. The zero-order chi connectivity index (χ0) is 16.8. The van der Waals surface area contributed by atoms with E-state index >= 15 is 0 Å². The summed E-state index contributed by atoms with van der Waals surface area (Å²) in [5.74, 6) is 3.50. The Bertz CT molecular complexity index is 535. The van der Waals surface area contributed by atoms with Crippen LogP contribution in [0.3, 0.4) is 0 Å². The van der Waals surface area contributed by atoms with Crippen molar-refractivity contribution in [3.63, 3.8) is 0 Å². The van der Waals surface area contributed by atoms with Crippen molar-refractivity contribution in [1.29, 1.82) is 0 Å². The number of methoxy groups -OCH3 is 2. The highest BCUT2D eigenvalue weighted by Gasteiger charge is 2.33. The first-order chi connectivity index (χ1) is 11.1. The van der Waals surface area contributed by atoms with Gasteiger partial charge in [0.15, 0.2) is 17.5 Å². The van der Waals surface area contributed by atoms with E-state index in [9.17, 15) is 0 Å². The van der Waals surface area contributed by atoms with Crippen LogP contribution in [0.25, 0.3) is 0 Å². The van der Waals surface area contributed by atoms with E-state index in [1.54, 1.807) is 21.3 Å². The van der Waals surface area contributed by atoms with Gasteiger partial charge in [-0.1, -0.05) is 6.92 Å². The van der Waals surface area contributed by atoms with Crippen LogP contribution in [-0.2, 0) is 6.54 Å². The van der Waals surface area contributed by atoms with Crippen molar-refractivity contribution >= 4 is 5.96 Å². The molecule has 0 radical (unpaired) electrons. The Morgan fingerprint density at radius 2 is 1.87 bits per heavy atom. The molecule has 0 amide bonds. The minimum absolute atomic E-state index is 0.533. The summed E-state index contributed by atoms with van der Waals surface area (Å²) < 4.78 is 16.5. The molecule has 23 heavy (non-hydrogen) atoms. The van der Waals surface area contributed by atoms with E-state index in [1.807, 2.05) is 19.1 Å². The van der Waals surface area contributed by atoms with Crippen molar-refractivity contribution < 1.29 is 14.2 Å². The molecular weight excluding hydrogens is 294 g/mol. The number of benzene rings is 1. The zero-order valence-corrected chi connectivity index (χ0v) is 14.6. The molecule has 2 atom stereocenters. The van der Waals surface area contributed by atoms with Crippen LogP contribution in [0.5, 0.6) is 17.2 Å². The molecule has 6 nitrogen and oxygen atoms in total. The minimum atomic E-state index is 0.533. The molecule has 6 heteroatoms. The Kier molecular flexibility index (Phi) is 5.96. The third kappa shape index (κ3) is 4.43. The Hall–Kier alpha value is -2.11. The first-order valence-corrected chi connectivity index (χ1v) is 7.97. The molecule has 1 aliphatic rings. The van der Waals surface area contributed by atoms with Gasteiger partial charge in [-0.15, -0.1) is 0 Å². The molecule has 0 spiro atoms. The van der Waals surface area contributed by atoms with Gasteiger partial charge in [-0.25, -0.2) is 0 Å². The number of nitrogens with one attached hydrogen (secondary N) is 2. The van der Waals surface area contributed by atoms with Crippen molar-refractivity contribution in [2.24, 2.45) is 10.9 Å². The van der Waals surface area contributed by atoms with Gasteiger partial charge < -0.3 is 24.8 Å². The molecule has 2 N–H and O–H groups in total. The fourth-order valence-electron chi connectivity index (χ4n) is 2.40. The molecule has 1 saturated carbocycles. The number of guanidine groups is 1. The van der Waals surface area contributed by atoms with E-state index in [4.69, 9.17) is 14.2 Å². The van der Waals surface area contributed by atoms with Crippen LogP contribution in [0, 0.1) is 5.92 Å². The molecule has 0 aromatic heterocycles. The summed E-state index contributed by atoms with van der Waals surface area (Å²) in [5, 5.41) is 6.72. The van der Waals surface area contributed by atoms with Crippen LogP contribution in [0.4, 0.5) is 0 Å². The number of hydrogen-bond donors (Lipinski definition) is 2. The molecule has 0 bridgehead atoms. The van der Waals surface area contributed by atoms with Gasteiger partial charge >= 0.3 is 0 Å². The monoisotopic (exact) mass is 321 g/mol. The van der Waals surface area contributed by atoms with Gasteiger partial charge in [0, 0.05) is 19.6 Å². The van der Waals surface area contributed by atoms with E-state index in [0.29, 0.717) is 36.4 Å². The molecular formula is C17H27N3O3. The summed E-state index contributed by atoms with van der Waals surface area (Å²) in [4.78, 5) is 4.26. The lowest BCUT2D eigenvalue weighted by Crippen LogP contribution is -2.38. The molecule has 0 saturated heterocycles. The maximum atomic E-state index is 5.62. The number of ether oxygens (including phenoxy) is 3. The molecule has 1 aliphatic carbocycles. The lowest BCUT2D eigenvalue weighted by molar-refractivity contribution is 0.288. The fourth-order valence-corrected chi connectivity index (χ4v) is 2.40. The van der Waals surface area contributed by atoms with Gasteiger partial charge in [0.2, 0.25) is 5.75 Å². The van der Waals surface area contributed by atoms with Crippen molar-refractivity contribution in [3.8, 4) is 17.2 Å². The van der Waals surface area contributed by atoms with Crippen LogP contribution < -0.4 is 24.8 Å². The van der Waals surface area contributed by atoms with E-state index in [1.165, 1.54) is 6.42 Å². The van der Waals surface area contributed by atoms with Crippen molar-refractivity contribution in [3.05, 3.63) is 17.7 Å². The maximum Gasteiger partial charge on any atom is 0.203 e. The number of aliphatic imine (C=N–C) groups is 1. The molecule has 2 rings (SSSR count). The Morgan fingerprint density at radius 1 is 1.26 bits per heavy atom. The number of hydrogen-bond acceptors (Lipinski definition) is 4. The topological polar surface area (TPSA) is 64.1 Å². The van der Waals surface area contributed by atoms with E-state index in [-0.39, 0.29) is 0 Å². The summed E-state index contributed by atoms with van der Waals surface area (Å²) in [6, 6.07) is 4.44. The van der Waals surface area contributed by atoms with Gasteiger partial charge in [0.25, 0.3) is 0 Å². The average molecular weight is 321 g/mol. The largest absolute Gasteiger partial charge is 0.493 e. The van der Waals surface area contributed by atoms with Crippen molar-refractivity contribution in [2.75, 3.05) is 27.9 Å². The summed E-state index contributed by atoms with van der Waals surface area (Å²) >= 11 is 0. The smallest absolute Gasteiger partial charge is 0.203 e. The molecule has 0 aliphatic heterocycles. The zero-order valence-electron chi connectivity index (χ0n) is 14.6. The third-order valence-corrected chi connectivity index (χ3v) is 3.92. The summed E-state index contributed by atoms with van der Waals surface area (Å²) in [5.41, 5.74) is 1.04. The lowest BCUT2D eigenvalue weighted by Gasteiger charge is -2.16. The molecule has 0 heterocycles. The predicted octanol–water partition coefficient (Wildman–Crippen LogP) is 2.18. The number of nitrogens with zero attached hydrogens (tertiary/aromatic N) is 1. The molecule has 1 aromatic rings. The van der Waals surface area contributed by atoms with Crippen LogP contribution in [0.15, 0.2) is 17.1 Å². The van der Waals surface area contributed by atoms with Crippen LogP contribution in [-0.4, -0.2) is 39.9 Å². The average Bonchev–Trinajstić information content (AvgIpc) is 3.26. The third-order valence-electron chi connectivity index (χ3n) is 3.92. The second kappa shape index (κ2) is 7.94. The van der Waals surface area contributed by atoms with Crippen molar-refractivity contribution in [2.45, 2.75) is 32.9 Å². The molecule has 1 fully saturated rings. The van der Waals surface area contributed by atoms with Crippen molar-refractivity contribution in [1.82, 2.24) is 10.6 Å². The summed E-state index contributed by atoms with van der Waals surface area (Å²) in [7, 11) is 5.04. The summed E-state index contributed by atoms with van der Waals surface area (Å²) in [6.07, 6.45) is 1.20. The first-order valence-electron chi connectivity index (χ1n) is 7.97.